The smallest absolute Gasteiger partial charge is 0.324 e. The second-order valence-corrected chi connectivity index (χ2v) is 6.70. The number of halogens is 2. The van der Waals surface area contributed by atoms with Crippen LogP contribution >= 0.6 is 11.6 Å². The average molecular weight is 402 g/mol. The number of anilines is 1. The van der Waals surface area contributed by atoms with Crippen molar-refractivity contribution in [3.8, 4) is 0 Å². The molecule has 0 saturated carbocycles. The van der Waals surface area contributed by atoms with Gasteiger partial charge in [-0.2, -0.15) is 0 Å². The van der Waals surface area contributed by atoms with Crippen LogP contribution in [0.3, 0.4) is 0 Å². The van der Waals surface area contributed by atoms with Gasteiger partial charge in [0.2, 0.25) is 5.91 Å². The number of nitrogens with zero attached hydrogens (tertiary/aromatic N) is 2. The zero-order valence-corrected chi connectivity index (χ0v) is 15.7. The molecule has 6 nitrogen and oxygen atoms in total. The highest BCUT2D eigenvalue weighted by Gasteiger charge is 2.11. The molecule has 0 bridgehead atoms. The molecule has 0 atom stereocenters. The molecule has 0 fully saturated rings. The Bertz CT molecular complexity index is 1150. The number of hydrogen-bond acceptors (Lipinski definition) is 3. The summed E-state index contributed by atoms with van der Waals surface area (Å²) in [5.74, 6) is -0.961. The lowest BCUT2D eigenvalue weighted by Gasteiger charge is -2.11. The van der Waals surface area contributed by atoms with E-state index in [1.54, 1.807) is 24.3 Å². The van der Waals surface area contributed by atoms with Gasteiger partial charge >= 0.3 is 5.69 Å². The summed E-state index contributed by atoms with van der Waals surface area (Å²) in [5, 5.41) is 3.10. The van der Waals surface area contributed by atoms with Crippen LogP contribution in [0.1, 0.15) is 11.1 Å². The van der Waals surface area contributed by atoms with Crippen molar-refractivity contribution in [2.24, 2.45) is 0 Å². The van der Waals surface area contributed by atoms with Crippen molar-refractivity contribution in [3.05, 3.63) is 97.5 Å². The fourth-order valence-electron chi connectivity index (χ4n) is 2.67. The van der Waals surface area contributed by atoms with E-state index in [2.05, 4.69) is 5.32 Å². The minimum Gasteiger partial charge on any atom is -0.324 e. The van der Waals surface area contributed by atoms with Gasteiger partial charge in [-0.05, 0) is 42.3 Å². The molecule has 2 aromatic carbocycles. The summed E-state index contributed by atoms with van der Waals surface area (Å²) in [6.07, 6.45) is 1.32. The topological polar surface area (TPSA) is 73.1 Å². The summed E-state index contributed by atoms with van der Waals surface area (Å²) in [4.78, 5) is 37.0. The summed E-state index contributed by atoms with van der Waals surface area (Å²) in [5.41, 5.74) is 0.626. The van der Waals surface area contributed by atoms with Crippen LogP contribution in [0.15, 0.2) is 64.3 Å². The van der Waals surface area contributed by atoms with Crippen molar-refractivity contribution in [1.82, 2.24) is 9.13 Å². The Kier molecular flexibility index (Phi) is 5.75. The maximum atomic E-state index is 13.3. The third-order valence-electron chi connectivity index (χ3n) is 4.14. The zero-order valence-electron chi connectivity index (χ0n) is 15.0. The number of nitrogens with one attached hydrogen (secondary N) is 1. The van der Waals surface area contributed by atoms with Gasteiger partial charge in [-0.1, -0.05) is 29.8 Å². The highest BCUT2D eigenvalue weighted by atomic mass is 35.5. The van der Waals surface area contributed by atoms with Crippen LogP contribution in [-0.4, -0.2) is 15.0 Å². The van der Waals surface area contributed by atoms with Gasteiger partial charge in [-0.15, -0.1) is 0 Å². The Morgan fingerprint density at radius 2 is 1.93 bits per heavy atom. The summed E-state index contributed by atoms with van der Waals surface area (Å²) in [6, 6.07) is 12.0. The average Bonchev–Trinajstić information content (AvgIpc) is 2.64. The fourth-order valence-corrected chi connectivity index (χ4v) is 2.85. The minimum atomic E-state index is -0.658. The lowest BCUT2D eigenvalue weighted by molar-refractivity contribution is -0.116. The first-order valence-corrected chi connectivity index (χ1v) is 8.82. The number of benzene rings is 2. The zero-order chi connectivity index (χ0) is 20.3. The maximum Gasteiger partial charge on any atom is 0.331 e. The van der Waals surface area contributed by atoms with Crippen molar-refractivity contribution >= 4 is 23.2 Å². The molecule has 0 radical (unpaired) electrons. The number of rotatable bonds is 5. The van der Waals surface area contributed by atoms with Gasteiger partial charge in [0, 0.05) is 23.0 Å². The summed E-state index contributed by atoms with van der Waals surface area (Å²) < 4.78 is 15.4. The Balaban J connectivity index is 1.81. The first kappa shape index (κ1) is 19.6. The van der Waals surface area contributed by atoms with Crippen LogP contribution < -0.4 is 16.6 Å². The van der Waals surface area contributed by atoms with Crippen molar-refractivity contribution < 1.29 is 9.18 Å². The van der Waals surface area contributed by atoms with Gasteiger partial charge in [-0.3, -0.25) is 18.7 Å². The summed E-state index contributed by atoms with van der Waals surface area (Å²) >= 11 is 6.03. The lowest BCUT2D eigenvalue weighted by Crippen LogP contribution is -2.41. The van der Waals surface area contributed by atoms with E-state index in [1.807, 2.05) is 6.92 Å². The Hall–Kier alpha value is -3.19. The highest BCUT2D eigenvalue weighted by Crippen LogP contribution is 2.19. The van der Waals surface area contributed by atoms with Crippen molar-refractivity contribution in [1.29, 1.82) is 0 Å². The molecule has 0 unspecified atom stereocenters. The molecule has 0 aliphatic carbocycles. The molecule has 1 amide bonds. The molecule has 0 aliphatic rings. The van der Waals surface area contributed by atoms with E-state index >= 15 is 0 Å². The number of carbonyl (C=O) groups excluding carboxylic acids is 1. The predicted octanol–water partition coefficient (Wildman–Crippen LogP) is 2.80. The van der Waals surface area contributed by atoms with Gasteiger partial charge < -0.3 is 5.32 Å². The van der Waals surface area contributed by atoms with Gasteiger partial charge in [0.25, 0.3) is 5.56 Å². The molecule has 1 aromatic heterocycles. The first-order chi connectivity index (χ1) is 13.3. The largest absolute Gasteiger partial charge is 0.331 e. The second kappa shape index (κ2) is 8.22. The normalized spacial score (nSPS) is 10.7. The van der Waals surface area contributed by atoms with E-state index in [-0.39, 0.29) is 6.54 Å². The van der Waals surface area contributed by atoms with E-state index in [4.69, 9.17) is 11.6 Å². The number of amides is 1. The molecule has 1 N–H and O–H groups in total. The van der Waals surface area contributed by atoms with Crippen LogP contribution in [0.4, 0.5) is 10.1 Å². The van der Waals surface area contributed by atoms with E-state index in [0.717, 1.165) is 10.1 Å². The van der Waals surface area contributed by atoms with Crippen LogP contribution in [0, 0.1) is 12.7 Å². The highest BCUT2D eigenvalue weighted by molar-refractivity contribution is 6.31. The predicted molar refractivity (Wildman–Crippen MR) is 105 cm³/mol. The van der Waals surface area contributed by atoms with Gasteiger partial charge in [0.05, 0.1) is 6.54 Å². The molecule has 8 heteroatoms. The van der Waals surface area contributed by atoms with Crippen LogP contribution in [0.25, 0.3) is 0 Å². The summed E-state index contributed by atoms with van der Waals surface area (Å²) in [7, 11) is 0. The molecule has 28 heavy (non-hydrogen) atoms. The molecule has 3 rings (SSSR count). The first-order valence-electron chi connectivity index (χ1n) is 8.44. The SMILES string of the molecule is Cc1ccc(NC(=O)Cn2c(=O)ccn(Cc3cccc(F)c3)c2=O)cc1Cl. The lowest BCUT2D eigenvalue weighted by atomic mass is 10.2. The Morgan fingerprint density at radius 3 is 2.64 bits per heavy atom. The molecule has 0 spiro atoms. The van der Waals surface area contributed by atoms with E-state index in [9.17, 15) is 18.8 Å². The van der Waals surface area contributed by atoms with Crippen LogP contribution in [0.5, 0.6) is 0 Å². The molecule has 1 heterocycles. The second-order valence-electron chi connectivity index (χ2n) is 6.29. The quantitative estimate of drug-likeness (QED) is 0.714. The van der Waals surface area contributed by atoms with E-state index in [1.165, 1.54) is 35.0 Å². The maximum absolute atomic E-state index is 13.3. The van der Waals surface area contributed by atoms with E-state index in [0.29, 0.717) is 16.3 Å². The monoisotopic (exact) mass is 401 g/mol. The molecule has 3 aromatic rings. The standard InChI is InChI=1S/C20H17ClFN3O3/c1-13-5-6-16(10-17(13)21)23-18(26)12-25-19(27)7-8-24(20(25)28)11-14-3-2-4-15(22)9-14/h2-10H,11-12H2,1H3,(H,23,26). The fraction of sp³-hybridized carbons (Fsp3) is 0.150. The van der Waals surface area contributed by atoms with Crippen molar-refractivity contribution in [3.63, 3.8) is 0 Å². The van der Waals surface area contributed by atoms with E-state index < -0.39 is 29.5 Å². The van der Waals surface area contributed by atoms with Gasteiger partial charge in [0.1, 0.15) is 12.4 Å². The Labute approximate surface area is 164 Å². The van der Waals surface area contributed by atoms with Crippen LogP contribution in [0.2, 0.25) is 5.02 Å². The number of carbonyl (C=O) groups is 1. The van der Waals surface area contributed by atoms with Gasteiger partial charge in [0.15, 0.2) is 0 Å². The third-order valence-corrected chi connectivity index (χ3v) is 4.55. The number of aryl methyl sites for hydroxylation is 1. The molecule has 0 aliphatic heterocycles. The van der Waals surface area contributed by atoms with Crippen molar-refractivity contribution in [2.45, 2.75) is 20.0 Å². The van der Waals surface area contributed by atoms with Crippen molar-refractivity contribution in [2.75, 3.05) is 5.32 Å². The molecular formula is C20H17ClFN3O3. The van der Waals surface area contributed by atoms with Crippen LogP contribution in [-0.2, 0) is 17.9 Å². The minimum absolute atomic E-state index is 0.0755. The summed E-state index contributed by atoms with van der Waals surface area (Å²) in [6.45, 7) is 1.46. The van der Waals surface area contributed by atoms with Gasteiger partial charge in [-0.25, -0.2) is 9.18 Å². The molecule has 144 valence electrons. The molecular weight excluding hydrogens is 385 g/mol. The third kappa shape index (κ3) is 4.55. The Morgan fingerprint density at radius 1 is 1.14 bits per heavy atom. The number of aromatic nitrogens is 2. The number of hydrogen-bond donors (Lipinski definition) is 1. The molecule has 0 saturated heterocycles.